The molecule has 0 amide bonds. The summed E-state index contributed by atoms with van der Waals surface area (Å²) in [5.41, 5.74) is 0. The Morgan fingerprint density at radius 1 is 0.486 bits per heavy atom. The molecule has 37 heavy (non-hydrogen) atoms. The van der Waals surface area contributed by atoms with Gasteiger partial charge in [0, 0.05) is 19.6 Å². The van der Waals surface area contributed by atoms with Gasteiger partial charge in [-0.1, -0.05) is 0 Å². The maximum absolute atomic E-state index is 13.0. The Morgan fingerprint density at radius 3 is 0.919 bits per heavy atom. The van der Waals surface area contributed by atoms with Gasteiger partial charge < -0.3 is 25.6 Å². The Kier molecular flexibility index (Phi) is 9.61. The molecular formula is C12H14F16O6Si3. The summed E-state index contributed by atoms with van der Waals surface area (Å²) in [5.74, 6) is 0. The van der Waals surface area contributed by atoms with Crippen LogP contribution in [-0.2, 0) is 25.6 Å². The summed E-state index contributed by atoms with van der Waals surface area (Å²) in [6.45, 7) is -2.15. The number of rotatable bonds is 7. The maximum atomic E-state index is 13.0. The predicted octanol–water partition coefficient (Wildman–Crippen LogP) is 5.69. The summed E-state index contributed by atoms with van der Waals surface area (Å²) in [6.07, 6.45) is -44.3. The molecule has 0 bridgehead atoms. The Hall–Kier alpha value is -0.709. The van der Waals surface area contributed by atoms with Gasteiger partial charge in [-0.25, -0.2) is 4.39 Å². The molecule has 3 unspecified atom stereocenters. The summed E-state index contributed by atoms with van der Waals surface area (Å²) in [7, 11) is -17.5. The first-order chi connectivity index (χ1) is 16.0. The lowest BCUT2D eigenvalue weighted by Crippen LogP contribution is -2.74. The zero-order chi connectivity index (χ0) is 29.7. The highest BCUT2D eigenvalue weighted by atomic mass is 28.5. The Morgan fingerprint density at radius 2 is 0.730 bits per heavy atom. The highest BCUT2D eigenvalue weighted by Crippen LogP contribution is 2.44. The van der Waals surface area contributed by atoms with E-state index in [-0.39, 0.29) is 19.6 Å². The van der Waals surface area contributed by atoms with Crippen LogP contribution in [0.15, 0.2) is 0 Å². The summed E-state index contributed by atoms with van der Waals surface area (Å²) in [4.78, 5) is 0. The molecule has 0 aromatic carbocycles. The van der Waals surface area contributed by atoms with Crippen LogP contribution >= 0.6 is 0 Å². The second-order valence-corrected chi connectivity index (χ2v) is 15.7. The molecule has 3 atom stereocenters. The first kappa shape index (κ1) is 34.3. The van der Waals surface area contributed by atoms with Crippen LogP contribution < -0.4 is 0 Å². The third-order valence-electron chi connectivity index (χ3n) is 3.83. The number of hydrogen-bond acceptors (Lipinski definition) is 6. The molecule has 1 aliphatic heterocycles. The van der Waals surface area contributed by atoms with Crippen molar-refractivity contribution in [2.75, 3.05) is 6.67 Å². The maximum Gasteiger partial charge on any atom is 0.483 e. The van der Waals surface area contributed by atoms with Crippen molar-refractivity contribution in [3.8, 4) is 0 Å². The van der Waals surface area contributed by atoms with Crippen molar-refractivity contribution < 1.29 is 95.9 Å². The van der Waals surface area contributed by atoms with Gasteiger partial charge in [0.2, 0.25) is 12.2 Å². The van der Waals surface area contributed by atoms with Crippen LogP contribution in [0.5, 0.6) is 0 Å². The first-order valence-corrected chi connectivity index (χ1v) is 15.7. The van der Waals surface area contributed by atoms with E-state index >= 15 is 0 Å². The van der Waals surface area contributed by atoms with E-state index in [0.717, 1.165) is 0 Å². The molecule has 1 saturated heterocycles. The lowest BCUT2D eigenvalue weighted by Gasteiger charge is -2.49. The van der Waals surface area contributed by atoms with Crippen molar-refractivity contribution in [3.05, 3.63) is 0 Å². The minimum absolute atomic E-state index is 0.0669. The van der Waals surface area contributed by atoms with E-state index in [9.17, 15) is 70.2 Å². The molecule has 0 radical (unpaired) electrons. The third-order valence-corrected chi connectivity index (χ3v) is 14.8. The highest BCUT2D eigenvalue weighted by Gasteiger charge is 2.71. The standard InChI is InChI=1S/C12H14F16O6Si3/c1-35(29-5(4-13)8(14,15)16)32-36(2,30-6(9(17,18)19)10(20,21)22)34-37(3,33-35)31-7(11(23,24)25)12(26,27)28/h5-7H,4H2,1-3H3. The zero-order valence-electron chi connectivity index (χ0n) is 17.9. The fraction of sp³-hybridized carbons (Fsp3) is 1.00. The minimum atomic E-state index is -6.34. The van der Waals surface area contributed by atoms with Crippen LogP contribution in [0.25, 0.3) is 0 Å². The predicted molar refractivity (Wildman–Crippen MR) is 89.0 cm³/mol. The number of hydrogen-bond donors (Lipinski definition) is 0. The lowest BCUT2D eigenvalue weighted by molar-refractivity contribution is -0.313. The number of alkyl halides is 16. The molecule has 6 nitrogen and oxygen atoms in total. The largest absolute Gasteiger partial charge is 0.483 e. The summed E-state index contributed by atoms with van der Waals surface area (Å²) in [6, 6.07) is 0. The van der Waals surface area contributed by atoms with Crippen LogP contribution in [0, 0.1) is 0 Å². The van der Waals surface area contributed by atoms with Gasteiger partial charge in [0.15, 0.2) is 6.10 Å². The molecule has 0 aromatic heterocycles. The van der Waals surface area contributed by atoms with Crippen molar-refractivity contribution in [3.63, 3.8) is 0 Å². The van der Waals surface area contributed by atoms with E-state index in [1.165, 1.54) is 0 Å². The van der Waals surface area contributed by atoms with Crippen molar-refractivity contribution in [1.82, 2.24) is 0 Å². The molecule has 0 N–H and O–H groups in total. The second kappa shape index (κ2) is 10.4. The zero-order valence-corrected chi connectivity index (χ0v) is 20.9. The monoisotopic (exact) mass is 642 g/mol. The molecule has 1 fully saturated rings. The Balaban J connectivity index is 3.63. The fourth-order valence-corrected chi connectivity index (χ4v) is 15.7. The van der Waals surface area contributed by atoms with E-state index in [2.05, 4.69) is 25.6 Å². The lowest BCUT2D eigenvalue weighted by atomic mass is 10.3. The topological polar surface area (TPSA) is 55.4 Å². The molecule has 0 saturated carbocycles. The van der Waals surface area contributed by atoms with Crippen LogP contribution in [0.3, 0.4) is 0 Å². The average Bonchev–Trinajstić information content (AvgIpc) is 2.57. The average molecular weight is 642 g/mol. The minimum Gasteiger partial charge on any atom is -0.373 e. The van der Waals surface area contributed by atoms with Gasteiger partial charge in [-0.05, 0) is 0 Å². The fourth-order valence-electron chi connectivity index (χ4n) is 2.73. The molecule has 1 rings (SSSR count). The van der Waals surface area contributed by atoms with Crippen LogP contribution in [0.2, 0.25) is 19.6 Å². The Labute approximate surface area is 198 Å². The smallest absolute Gasteiger partial charge is 0.373 e. The SMILES string of the molecule is C[Si]1(OC(CF)C(F)(F)F)O[Si](C)(OC(C(F)(F)F)C(F)(F)F)O[Si](C)(OC(C(F)(F)F)C(F)(F)F)O1. The van der Waals surface area contributed by atoms with Gasteiger partial charge in [-0.15, -0.1) is 0 Å². The molecule has 1 heterocycles. The molecule has 25 heteroatoms. The molecule has 1 aliphatic rings. The van der Waals surface area contributed by atoms with Crippen molar-refractivity contribution in [2.24, 2.45) is 0 Å². The quantitative estimate of drug-likeness (QED) is 0.263. The first-order valence-electron chi connectivity index (χ1n) is 9.00. The van der Waals surface area contributed by atoms with E-state index in [1.807, 2.05) is 0 Å². The summed E-state index contributed by atoms with van der Waals surface area (Å²) >= 11 is 0. The van der Waals surface area contributed by atoms with Gasteiger partial charge in [0.05, 0.1) is 0 Å². The normalized spacial score (nSPS) is 29.8. The van der Waals surface area contributed by atoms with Gasteiger partial charge in [0.1, 0.15) is 6.67 Å². The van der Waals surface area contributed by atoms with Gasteiger partial charge in [-0.2, -0.15) is 65.9 Å². The summed E-state index contributed by atoms with van der Waals surface area (Å²) in [5, 5.41) is 0. The van der Waals surface area contributed by atoms with Gasteiger partial charge in [0.25, 0.3) is 0 Å². The summed E-state index contributed by atoms with van der Waals surface area (Å²) < 4.78 is 233. The van der Waals surface area contributed by atoms with E-state index in [1.54, 1.807) is 0 Å². The van der Waals surface area contributed by atoms with Crippen LogP contribution in [0.4, 0.5) is 70.2 Å². The van der Waals surface area contributed by atoms with Crippen LogP contribution in [0.1, 0.15) is 0 Å². The van der Waals surface area contributed by atoms with E-state index in [4.69, 9.17) is 0 Å². The molecule has 0 aliphatic carbocycles. The Bertz CT molecular complexity index is 708. The molecule has 222 valence electrons. The van der Waals surface area contributed by atoms with Crippen LogP contribution in [-0.4, -0.2) is 82.3 Å². The van der Waals surface area contributed by atoms with Crippen molar-refractivity contribution >= 4 is 26.4 Å². The van der Waals surface area contributed by atoms with Crippen molar-refractivity contribution in [2.45, 2.75) is 68.8 Å². The highest BCUT2D eigenvalue weighted by molar-refractivity contribution is 6.87. The van der Waals surface area contributed by atoms with E-state index < -0.39 is 82.3 Å². The van der Waals surface area contributed by atoms with E-state index in [0.29, 0.717) is 0 Å². The molecule has 0 spiro atoms. The van der Waals surface area contributed by atoms with Gasteiger partial charge in [-0.3, -0.25) is 0 Å². The number of halogens is 16. The third kappa shape index (κ3) is 9.46. The molecule has 0 aromatic rings. The molecular weight excluding hydrogens is 628 g/mol. The van der Waals surface area contributed by atoms with Crippen molar-refractivity contribution in [1.29, 1.82) is 0 Å². The second-order valence-electron chi connectivity index (χ2n) is 7.36. The van der Waals surface area contributed by atoms with Gasteiger partial charge >= 0.3 is 57.3 Å².